The van der Waals surface area contributed by atoms with Crippen molar-refractivity contribution < 1.29 is 18.7 Å². The number of nitrogens with one attached hydrogen (secondary N) is 3. The maximum absolute atomic E-state index is 12.1. The molecule has 3 N–H and O–H groups in total. The minimum atomic E-state index is -0.418. The molecule has 0 unspecified atom stereocenters. The number of methoxy groups -OCH3 is 1. The van der Waals surface area contributed by atoms with Gasteiger partial charge in [-0.1, -0.05) is 23.7 Å². The van der Waals surface area contributed by atoms with Gasteiger partial charge in [0.15, 0.2) is 10.9 Å². The minimum Gasteiger partial charge on any atom is -0.497 e. The Hall–Kier alpha value is -3.62. The predicted octanol–water partition coefficient (Wildman–Crippen LogP) is 4.72. The molecular weight excluding hydrogens is 438 g/mol. The van der Waals surface area contributed by atoms with Crippen LogP contribution in [0.15, 0.2) is 71.4 Å². The lowest BCUT2D eigenvalue weighted by Gasteiger charge is -2.11. The molecule has 0 fully saturated rings. The fourth-order valence-corrected chi connectivity index (χ4v) is 2.93. The Morgan fingerprint density at radius 3 is 2.52 bits per heavy atom. The molecule has 158 valence electrons. The van der Waals surface area contributed by atoms with Crippen molar-refractivity contribution in [3.8, 4) is 5.75 Å². The number of halogens is 1. The number of amides is 2. The molecule has 2 aromatic carbocycles. The molecule has 0 spiro atoms. The first-order valence-corrected chi connectivity index (χ1v) is 9.82. The lowest BCUT2D eigenvalue weighted by Crippen LogP contribution is -2.32. The summed E-state index contributed by atoms with van der Waals surface area (Å²) in [6.07, 6.45) is 4.44. The van der Waals surface area contributed by atoms with Crippen LogP contribution in [0.25, 0.3) is 6.08 Å². The van der Waals surface area contributed by atoms with Crippen molar-refractivity contribution >= 4 is 58.2 Å². The average molecular weight is 456 g/mol. The zero-order chi connectivity index (χ0) is 22.2. The smallest absolute Gasteiger partial charge is 0.291 e. The number of benzene rings is 2. The predicted molar refractivity (Wildman–Crippen MR) is 125 cm³/mol. The Morgan fingerprint density at radius 1 is 1.10 bits per heavy atom. The highest BCUT2D eigenvalue weighted by atomic mass is 35.5. The van der Waals surface area contributed by atoms with E-state index in [0.29, 0.717) is 16.4 Å². The quantitative estimate of drug-likeness (QED) is 0.368. The highest BCUT2D eigenvalue weighted by Gasteiger charge is 2.11. The first kappa shape index (κ1) is 22.1. The fourth-order valence-electron chi connectivity index (χ4n) is 2.49. The molecule has 1 heterocycles. The van der Waals surface area contributed by atoms with Crippen molar-refractivity contribution in [2.24, 2.45) is 0 Å². The molecule has 2 amide bonds. The molecule has 0 aliphatic heterocycles. The Kier molecular flexibility index (Phi) is 7.42. The van der Waals surface area contributed by atoms with Crippen molar-refractivity contribution in [3.05, 3.63) is 83.3 Å². The van der Waals surface area contributed by atoms with E-state index < -0.39 is 5.91 Å². The molecule has 0 bridgehead atoms. The highest BCUT2D eigenvalue weighted by Crippen LogP contribution is 2.26. The minimum absolute atomic E-state index is 0.104. The van der Waals surface area contributed by atoms with Gasteiger partial charge in [-0.25, -0.2) is 0 Å². The Labute approximate surface area is 189 Å². The number of furan rings is 1. The van der Waals surface area contributed by atoms with Gasteiger partial charge in [0.25, 0.3) is 5.91 Å². The summed E-state index contributed by atoms with van der Waals surface area (Å²) in [5.74, 6) is 0.0998. The number of anilines is 2. The van der Waals surface area contributed by atoms with Gasteiger partial charge >= 0.3 is 0 Å². The topological polar surface area (TPSA) is 92.6 Å². The van der Waals surface area contributed by atoms with Crippen LogP contribution in [-0.2, 0) is 4.79 Å². The summed E-state index contributed by atoms with van der Waals surface area (Å²) < 4.78 is 10.1. The molecular formula is C22H18ClN3O4S. The van der Waals surface area contributed by atoms with E-state index in [0.717, 1.165) is 11.3 Å². The zero-order valence-corrected chi connectivity index (χ0v) is 17.9. The molecule has 0 aliphatic carbocycles. The SMILES string of the molecule is COc1ccc(/C=C/C(=O)NC(=S)Nc2ccc(NC(=O)c3ccco3)c(Cl)c2)cc1. The maximum Gasteiger partial charge on any atom is 0.291 e. The van der Waals surface area contributed by atoms with Crippen LogP contribution in [0.2, 0.25) is 5.02 Å². The standard InChI is InChI=1S/C22H18ClN3O4S/c1-29-16-8-4-14(5-9-16)6-11-20(27)26-22(31)24-15-7-10-18(17(23)13-15)25-21(28)19-3-2-12-30-19/h2-13H,1H3,(H,25,28)(H2,24,26,27,31)/b11-6+. The van der Waals surface area contributed by atoms with Crippen molar-refractivity contribution in [1.29, 1.82) is 0 Å². The molecule has 0 atom stereocenters. The molecule has 7 nitrogen and oxygen atoms in total. The average Bonchev–Trinajstić information content (AvgIpc) is 3.29. The number of hydrogen-bond acceptors (Lipinski definition) is 5. The fraction of sp³-hybridized carbons (Fsp3) is 0.0455. The molecule has 0 aliphatic rings. The van der Waals surface area contributed by atoms with Crippen LogP contribution in [-0.4, -0.2) is 24.0 Å². The van der Waals surface area contributed by atoms with Crippen molar-refractivity contribution in [1.82, 2.24) is 5.32 Å². The maximum atomic E-state index is 12.1. The number of carbonyl (C=O) groups is 2. The monoisotopic (exact) mass is 455 g/mol. The van der Waals surface area contributed by atoms with Crippen molar-refractivity contribution in [2.45, 2.75) is 0 Å². The van der Waals surface area contributed by atoms with E-state index in [9.17, 15) is 9.59 Å². The molecule has 0 saturated heterocycles. The Bertz CT molecular complexity index is 1110. The molecule has 3 rings (SSSR count). The van der Waals surface area contributed by atoms with Crippen molar-refractivity contribution in [3.63, 3.8) is 0 Å². The number of carbonyl (C=O) groups excluding carboxylic acids is 2. The summed E-state index contributed by atoms with van der Waals surface area (Å²) in [5, 5.41) is 8.47. The first-order valence-electron chi connectivity index (χ1n) is 9.03. The molecule has 0 saturated carbocycles. The van der Waals surface area contributed by atoms with Gasteiger partial charge in [-0.05, 0) is 66.3 Å². The summed E-state index contributed by atoms with van der Waals surface area (Å²) in [4.78, 5) is 24.1. The van der Waals surface area contributed by atoms with Crippen LogP contribution in [0.1, 0.15) is 16.1 Å². The second kappa shape index (κ2) is 10.4. The Balaban J connectivity index is 1.53. The van der Waals surface area contributed by atoms with Crippen LogP contribution in [0, 0.1) is 0 Å². The van der Waals surface area contributed by atoms with Crippen LogP contribution in [0.5, 0.6) is 5.75 Å². The van der Waals surface area contributed by atoms with Crippen LogP contribution < -0.4 is 20.7 Å². The molecule has 3 aromatic rings. The summed E-state index contributed by atoms with van der Waals surface area (Å²) in [7, 11) is 1.59. The van der Waals surface area contributed by atoms with E-state index in [1.165, 1.54) is 12.3 Å². The van der Waals surface area contributed by atoms with E-state index >= 15 is 0 Å². The number of ether oxygens (including phenoxy) is 1. The van der Waals surface area contributed by atoms with E-state index in [4.69, 9.17) is 33.0 Å². The molecule has 31 heavy (non-hydrogen) atoms. The second-order valence-electron chi connectivity index (χ2n) is 6.18. The van der Waals surface area contributed by atoms with E-state index in [2.05, 4.69) is 16.0 Å². The van der Waals surface area contributed by atoms with Gasteiger partial charge in [-0.3, -0.25) is 14.9 Å². The number of hydrogen-bond donors (Lipinski definition) is 3. The molecule has 0 radical (unpaired) electrons. The molecule has 9 heteroatoms. The Morgan fingerprint density at radius 2 is 1.87 bits per heavy atom. The third kappa shape index (κ3) is 6.43. The molecule has 1 aromatic heterocycles. The van der Waals surface area contributed by atoms with Crippen LogP contribution in [0.4, 0.5) is 11.4 Å². The largest absolute Gasteiger partial charge is 0.497 e. The third-order valence-electron chi connectivity index (χ3n) is 4.00. The van der Waals surface area contributed by atoms with Gasteiger partial charge < -0.3 is 19.8 Å². The lowest BCUT2D eigenvalue weighted by molar-refractivity contribution is -0.115. The first-order chi connectivity index (χ1) is 14.9. The summed E-state index contributed by atoms with van der Waals surface area (Å²) >= 11 is 11.4. The number of thiocarbonyl (C=S) groups is 1. The zero-order valence-electron chi connectivity index (χ0n) is 16.3. The van der Waals surface area contributed by atoms with Gasteiger partial charge in [0.2, 0.25) is 5.91 Å². The number of rotatable bonds is 6. The van der Waals surface area contributed by atoms with Gasteiger partial charge in [0.05, 0.1) is 24.1 Å². The van der Waals surface area contributed by atoms with E-state index in [1.54, 1.807) is 55.7 Å². The van der Waals surface area contributed by atoms with Gasteiger partial charge in [0, 0.05) is 11.8 Å². The summed E-state index contributed by atoms with van der Waals surface area (Å²) in [6.45, 7) is 0. The van der Waals surface area contributed by atoms with Gasteiger partial charge in [-0.2, -0.15) is 0 Å². The van der Waals surface area contributed by atoms with E-state index in [1.807, 2.05) is 12.1 Å². The van der Waals surface area contributed by atoms with Crippen LogP contribution in [0.3, 0.4) is 0 Å². The normalized spacial score (nSPS) is 10.5. The van der Waals surface area contributed by atoms with E-state index in [-0.39, 0.29) is 16.8 Å². The summed E-state index contributed by atoms with van der Waals surface area (Å²) in [6, 6.07) is 15.3. The highest BCUT2D eigenvalue weighted by molar-refractivity contribution is 7.80. The van der Waals surface area contributed by atoms with Crippen LogP contribution >= 0.6 is 23.8 Å². The van der Waals surface area contributed by atoms with Crippen molar-refractivity contribution in [2.75, 3.05) is 17.7 Å². The van der Waals surface area contributed by atoms with Gasteiger partial charge in [0.1, 0.15) is 5.75 Å². The third-order valence-corrected chi connectivity index (χ3v) is 4.52. The lowest BCUT2D eigenvalue weighted by atomic mass is 10.2. The van der Waals surface area contributed by atoms with Gasteiger partial charge in [-0.15, -0.1) is 0 Å². The summed E-state index contributed by atoms with van der Waals surface area (Å²) in [5.41, 5.74) is 1.80. The second-order valence-corrected chi connectivity index (χ2v) is 6.99.